The molecule has 0 aliphatic heterocycles. The van der Waals surface area contributed by atoms with E-state index in [1.165, 1.54) is 0 Å². The van der Waals surface area contributed by atoms with E-state index in [1.54, 1.807) is 43.5 Å². The Bertz CT molecular complexity index is 924. The summed E-state index contributed by atoms with van der Waals surface area (Å²) >= 11 is 0. The highest BCUT2D eigenvalue weighted by Gasteiger charge is 2.10. The number of carbonyl (C=O) groups is 1. The molecule has 6 nitrogen and oxygen atoms in total. The van der Waals surface area contributed by atoms with E-state index in [1.807, 2.05) is 30.3 Å². The van der Waals surface area contributed by atoms with E-state index < -0.39 is 6.09 Å². The molecular formula is C20H19N3O3. The van der Waals surface area contributed by atoms with E-state index in [4.69, 9.17) is 20.9 Å². The van der Waals surface area contributed by atoms with Crippen molar-refractivity contribution in [1.29, 1.82) is 0 Å². The summed E-state index contributed by atoms with van der Waals surface area (Å²) in [6, 6.07) is 19.5. The normalized spacial score (nSPS) is 10.2. The van der Waals surface area contributed by atoms with Crippen LogP contribution in [0.3, 0.4) is 0 Å². The Balaban J connectivity index is 1.76. The minimum atomic E-state index is -0.633. The van der Waals surface area contributed by atoms with Gasteiger partial charge in [0.2, 0.25) is 0 Å². The highest BCUT2D eigenvalue weighted by Crippen LogP contribution is 2.28. The fraction of sp³-hybridized carbons (Fsp3) is 0.0500. The van der Waals surface area contributed by atoms with Gasteiger partial charge in [0.1, 0.15) is 11.5 Å². The number of carbonyl (C=O) groups excluding carboxylic acids is 1. The number of ether oxygens (including phenoxy) is 2. The minimum Gasteiger partial charge on any atom is -0.497 e. The first kappa shape index (κ1) is 17.2. The molecule has 0 atom stereocenters. The van der Waals surface area contributed by atoms with Crippen molar-refractivity contribution < 1.29 is 14.3 Å². The molecule has 5 N–H and O–H groups in total. The number of rotatable bonds is 4. The number of amides is 1. The van der Waals surface area contributed by atoms with Gasteiger partial charge in [0.15, 0.2) is 0 Å². The molecule has 132 valence electrons. The van der Waals surface area contributed by atoms with Gasteiger partial charge in [-0.1, -0.05) is 18.2 Å². The van der Waals surface area contributed by atoms with E-state index in [0.29, 0.717) is 28.6 Å². The zero-order valence-corrected chi connectivity index (χ0v) is 14.2. The lowest BCUT2D eigenvalue weighted by atomic mass is 10.0. The van der Waals surface area contributed by atoms with Gasteiger partial charge < -0.3 is 20.9 Å². The molecule has 3 rings (SSSR count). The highest BCUT2D eigenvalue weighted by atomic mass is 16.6. The second-order valence-corrected chi connectivity index (χ2v) is 5.62. The molecule has 0 spiro atoms. The second kappa shape index (κ2) is 7.48. The summed E-state index contributed by atoms with van der Waals surface area (Å²) in [6.45, 7) is 0. The Hall–Kier alpha value is -3.67. The standard InChI is InChI=1S/C20H19N3O3/c1-25-16-6-8-17(9-7-16)26-20(24)23-19-12-14(5-10-18(19)22)13-3-2-4-15(21)11-13/h2-12H,21-22H2,1H3,(H,23,24). The van der Waals surface area contributed by atoms with Gasteiger partial charge in [-0.05, 0) is 59.7 Å². The number of anilines is 3. The topological polar surface area (TPSA) is 99.6 Å². The SMILES string of the molecule is COc1ccc(OC(=O)Nc2cc(-c3cccc(N)c3)ccc2N)cc1. The van der Waals surface area contributed by atoms with Gasteiger partial charge >= 0.3 is 6.09 Å². The van der Waals surface area contributed by atoms with Crippen molar-refractivity contribution in [2.75, 3.05) is 23.9 Å². The Morgan fingerprint density at radius 1 is 0.885 bits per heavy atom. The van der Waals surface area contributed by atoms with E-state index in [0.717, 1.165) is 11.1 Å². The quantitative estimate of drug-likeness (QED) is 0.615. The third-order valence-corrected chi connectivity index (χ3v) is 3.78. The highest BCUT2D eigenvalue weighted by molar-refractivity contribution is 5.92. The lowest BCUT2D eigenvalue weighted by Crippen LogP contribution is -2.17. The largest absolute Gasteiger partial charge is 0.497 e. The molecule has 0 saturated heterocycles. The first-order valence-corrected chi connectivity index (χ1v) is 7.93. The molecule has 0 bridgehead atoms. The molecule has 6 heteroatoms. The summed E-state index contributed by atoms with van der Waals surface area (Å²) < 4.78 is 10.3. The van der Waals surface area contributed by atoms with Crippen LogP contribution in [-0.2, 0) is 0 Å². The fourth-order valence-corrected chi connectivity index (χ4v) is 2.45. The van der Waals surface area contributed by atoms with Crippen LogP contribution < -0.4 is 26.3 Å². The fourth-order valence-electron chi connectivity index (χ4n) is 2.45. The third kappa shape index (κ3) is 4.05. The maximum absolute atomic E-state index is 12.2. The van der Waals surface area contributed by atoms with E-state index in [-0.39, 0.29) is 0 Å². The van der Waals surface area contributed by atoms with E-state index in [2.05, 4.69) is 5.32 Å². The van der Waals surface area contributed by atoms with Gasteiger partial charge in [-0.25, -0.2) is 4.79 Å². The molecule has 0 radical (unpaired) electrons. The molecule has 0 fully saturated rings. The van der Waals surface area contributed by atoms with Crippen molar-refractivity contribution in [2.24, 2.45) is 0 Å². The lowest BCUT2D eigenvalue weighted by Gasteiger charge is -2.11. The summed E-state index contributed by atoms with van der Waals surface area (Å²) in [4.78, 5) is 12.2. The number of hydrogen-bond donors (Lipinski definition) is 3. The lowest BCUT2D eigenvalue weighted by molar-refractivity contribution is 0.215. The van der Waals surface area contributed by atoms with Crippen molar-refractivity contribution in [1.82, 2.24) is 0 Å². The Kier molecular flexibility index (Phi) is 4.94. The number of nitrogens with two attached hydrogens (primary N) is 2. The zero-order chi connectivity index (χ0) is 18.5. The number of benzene rings is 3. The molecule has 3 aromatic carbocycles. The van der Waals surface area contributed by atoms with Crippen molar-refractivity contribution in [3.8, 4) is 22.6 Å². The Morgan fingerprint density at radius 2 is 1.58 bits per heavy atom. The van der Waals surface area contributed by atoms with Crippen molar-refractivity contribution in [2.45, 2.75) is 0 Å². The van der Waals surface area contributed by atoms with Gasteiger partial charge in [0.25, 0.3) is 0 Å². The van der Waals surface area contributed by atoms with Gasteiger partial charge in [-0.15, -0.1) is 0 Å². The maximum Gasteiger partial charge on any atom is 0.417 e. The minimum absolute atomic E-state index is 0.397. The molecule has 26 heavy (non-hydrogen) atoms. The number of nitrogens with one attached hydrogen (secondary N) is 1. The van der Waals surface area contributed by atoms with Crippen LogP contribution in [0.25, 0.3) is 11.1 Å². The van der Waals surface area contributed by atoms with Crippen LogP contribution in [0.4, 0.5) is 21.9 Å². The summed E-state index contributed by atoms with van der Waals surface area (Å²) in [7, 11) is 1.57. The maximum atomic E-state index is 12.2. The molecule has 0 aliphatic carbocycles. The first-order valence-electron chi connectivity index (χ1n) is 7.93. The molecule has 0 heterocycles. The Morgan fingerprint density at radius 3 is 2.27 bits per heavy atom. The van der Waals surface area contributed by atoms with Crippen molar-refractivity contribution in [3.05, 3.63) is 66.7 Å². The molecule has 3 aromatic rings. The third-order valence-electron chi connectivity index (χ3n) is 3.78. The van der Waals surface area contributed by atoms with Gasteiger partial charge in [0.05, 0.1) is 18.5 Å². The van der Waals surface area contributed by atoms with Gasteiger partial charge in [-0.2, -0.15) is 0 Å². The van der Waals surface area contributed by atoms with E-state index in [9.17, 15) is 4.79 Å². The monoisotopic (exact) mass is 349 g/mol. The zero-order valence-electron chi connectivity index (χ0n) is 14.2. The summed E-state index contributed by atoms with van der Waals surface area (Å²) in [6.07, 6.45) is -0.633. The number of nitrogen functional groups attached to an aromatic ring is 2. The van der Waals surface area contributed by atoms with Crippen LogP contribution in [0.15, 0.2) is 66.7 Å². The molecule has 0 aromatic heterocycles. The smallest absolute Gasteiger partial charge is 0.417 e. The summed E-state index contributed by atoms with van der Waals surface area (Å²) in [5, 5.41) is 2.66. The predicted molar refractivity (Wildman–Crippen MR) is 103 cm³/mol. The van der Waals surface area contributed by atoms with Crippen LogP contribution in [0.1, 0.15) is 0 Å². The summed E-state index contributed by atoms with van der Waals surface area (Å²) in [5.41, 5.74) is 15.2. The van der Waals surface area contributed by atoms with Crippen LogP contribution in [-0.4, -0.2) is 13.2 Å². The van der Waals surface area contributed by atoms with Crippen molar-refractivity contribution >= 4 is 23.2 Å². The second-order valence-electron chi connectivity index (χ2n) is 5.62. The average molecular weight is 349 g/mol. The summed E-state index contributed by atoms with van der Waals surface area (Å²) in [5.74, 6) is 1.07. The van der Waals surface area contributed by atoms with Gasteiger partial charge in [0, 0.05) is 5.69 Å². The van der Waals surface area contributed by atoms with Crippen molar-refractivity contribution in [3.63, 3.8) is 0 Å². The van der Waals surface area contributed by atoms with Crippen LogP contribution in [0, 0.1) is 0 Å². The Labute approximate surface area is 151 Å². The number of methoxy groups -OCH3 is 1. The molecule has 1 amide bonds. The molecule has 0 aliphatic rings. The van der Waals surface area contributed by atoms with Crippen LogP contribution >= 0.6 is 0 Å². The molecular weight excluding hydrogens is 330 g/mol. The average Bonchev–Trinajstić information content (AvgIpc) is 2.64. The van der Waals surface area contributed by atoms with Crippen LogP contribution in [0.5, 0.6) is 11.5 Å². The predicted octanol–water partition coefficient (Wildman–Crippen LogP) is 4.14. The number of hydrogen-bond acceptors (Lipinski definition) is 5. The molecule has 0 unspecified atom stereocenters. The van der Waals surface area contributed by atoms with E-state index >= 15 is 0 Å². The van der Waals surface area contributed by atoms with Crippen LogP contribution in [0.2, 0.25) is 0 Å². The molecule has 0 saturated carbocycles. The van der Waals surface area contributed by atoms with Gasteiger partial charge in [-0.3, -0.25) is 5.32 Å². The first-order chi connectivity index (χ1) is 12.5.